The summed E-state index contributed by atoms with van der Waals surface area (Å²) in [5, 5.41) is 2.24. The van der Waals surface area contributed by atoms with Crippen molar-refractivity contribution in [3.8, 4) is 5.75 Å². The van der Waals surface area contributed by atoms with Crippen LogP contribution in [0, 0.1) is 5.92 Å². The highest BCUT2D eigenvalue weighted by atomic mass is 19.4. The van der Waals surface area contributed by atoms with E-state index in [2.05, 4.69) is 10.1 Å². The minimum Gasteiger partial charge on any atom is -0.406 e. The van der Waals surface area contributed by atoms with Crippen LogP contribution in [0.4, 0.5) is 13.2 Å². The third-order valence-corrected chi connectivity index (χ3v) is 2.99. The lowest BCUT2D eigenvalue weighted by Crippen LogP contribution is -2.41. The maximum Gasteiger partial charge on any atom is 0.573 e. The number of rotatable bonds is 3. The number of ether oxygens (including phenoxy) is 1. The van der Waals surface area contributed by atoms with Gasteiger partial charge in [0.25, 0.3) is 0 Å². The fraction of sp³-hybridized carbons (Fsp3) is 0.385. The zero-order valence-corrected chi connectivity index (χ0v) is 10.4. The summed E-state index contributed by atoms with van der Waals surface area (Å²) < 4.78 is 39.7. The van der Waals surface area contributed by atoms with Crippen LogP contribution in [-0.4, -0.2) is 18.2 Å². The van der Waals surface area contributed by atoms with E-state index in [0.29, 0.717) is 18.4 Å². The maximum absolute atomic E-state index is 12.0. The largest absolute Gasteiger partial charge is 0.573 e. The summed E-state index contributed by atoms with van der Waals surface area (Å²) in [6.45, 7) is 0. The van der Waals surface area contributed by atoms with Crippen LogP contribution in [0.2, 0.25) is 0 Å². The third-order valence-electron chi connectivity index (χ3n) is 2.99. The molecule has 1 N–H and O–H groups in total. The summed E-state index contributed by atoms with van der Waals surface area (Å²) in [6.07, 6.45) is -3.60. The molecule has 0 saturated carbocycles. The maximum atomic E-state index is 12.0. The van der Waals surface area contributed by atoms with Gasteiger partial charge in [0.1, 0.15) is 5.75 Å². The highest BCUT2D eigenvalue weighted by Gasteiger charge is 2.31. The van der Waals surface area contributed by atoms with E-state index >= 15 is 0 Å². The molecule has 0 bridgehead atoms. The first-order valence-electron chi connectivity index (χ1n) is 6.02. The van der Waals surface area contributed by atoms with Crippen LogP contribution in [0.15, 0.2) is 24.3 Å². The Morgan fingerprint density at radius 1 is 1.20 bits per heavy atom. The lowest BCUT2D eigenvalue weighted by atomic mass is 9.91. The van der Waals surface area contributed by atoms with E-state index in [4.69, 9.17) is 0 Å². The predicted molar refractivity (Wildman–Crippen MR) is 62.7 cm³/mol. The van der Waals surface area contributed by atoms with Crippen LogP contribution in [0.1, 0.15) is 18.4 Å². The van der Waals surface area contributed by atoms with E-state index in [9.17, 15) is 22.8 Å². The molecule has 1 aromatic carbocycles. The minimum absolute atomic E-state index is 0.283. The van der Waals surface area contributed by atoms with Crippen LogP contribution in [0.25, 0.3) is 0 Å². The van der Waals surface area contributed by atoms with E-state index in [1.807, 2.05) is 0 Å². The summed E-state index contributed by atoms with van der Waals surface area (Å²) in [6, 6.07) is 5.36. The van der Waals surface area contributed by atoms with Crippen LogP contribution >= 0.6 is 0 Å². The van der Waals surface area contributed by atoms with Gasteiger partial charge in [-0.05, 0) is 30.5 Å². The number of hydrogen-bond donors (Lipinski definition) is 1. The van der Waals surface area contributed by atoms with Gasteiger partial charge in [-0.15, -0.1) is 13.2 Å². The number of benzene rings is 1. The lowest BCUT2D eigenvalue weighted by molar-refractivity contribution is -0.274. The number of alkyl halides is 3. The molecule has 0 spiro atoms. The quantitative estimate of drug-likeness (QED) is 0.867. The van der Waals surface area contributed by atoms with Crippen LogP contribution in [-0.2, 0) is 16.0 Å². The van der Waals surface area contributed by atoms with Crippen LogP contribution < -0.4 is 10.1 Å². The van der Waals surface area contributed by atoms with Crippen molar-refractivity contribution in [1.82, 2.24) is 5.32 Å². The predicted octanol–water partition coefficient (Wildman–Crippen LogP) is 2.18. The van der Waals surface area contributed by atoms with Crippen molar-refractivity contribution < 1.29 is 27.5 Å². The number of piperidine rings is 1. The molecule has 0 radical (unpaired) electrons. The summed E-state index contributed by atoms with van der Waals surface area (Å²) in [7, 11) is 0. The molecule has 1 aromatic rings. The number of nitrogens with one attached hydrogen (secondary N) is 1. The van der Waals surface area contributed by atoms with E-state index < -0.39 is 6.36 Å². The first-order valence-corrected chi connectivity index (χ1v) is 6.02. The van der Waals surface area contributed by atoms with Gasteiger partial charge in [-0.2, -0.15) is 0 Å². The topological polar surface area (TPSA) is 55.4 Å². The molecule has 4 nitrogen and oxygen atoms in total. The number of imide groups is 1. The number of carbonyl (C=O) groups is 2. The van der Waals surface area contributed by atoms with Crippen molar-refractivity contribution in [2.75, 3.05) is 0 Å². The fourth-order valence-corrected chi connectivity index (χ4v) is 2.04. The zero-order valence-electron chi connectivity index (χ0n) is 10.4. The standard InChI is InChI=1S/C13H12F3NO3/c14-13(15,16)20-10-4-1-8(2-5-10)7-9-3-6-11(18)17-12(9)19/h1-2,4-5,9H,3,6-7H2,(H,17,18,19). The molecule has 20 heavy (non-hydrogen) atoms. The van der Waals surface area contributed by atoms with Crippen molar-refractivity contribution >= 4 is 11.8 Å². The molecule has 1 aliphatic rings. The van der Waals surface area contributed by atoms with Gasteiger partial charge in [0.05, 0.1) is 0 Å². The summed E-state index contributed by atoms with van der Waals surface area (Å²) >= 11 is 0. The Bertz CT molecular complexity index is 511. The monoisotopic (exact) mass is 287 g/mol. The SMILES string of the molecule is O=C1CCC(Cc2ccc(OC(F)(F)F)cc2)C(=O)N1. The van der Waals surface area contributed by atoms with Gasteiger partial charge in [-0.25, -0.2) is 0 Å². The molecule has 2 rings (SSSR count). The van der Waals surface area contributed by atoms with E-state index in [-0.39, 0.29) is 29.9 Å². The molecule has 1 aliphatic heterocycles. The Hall–Kier alpha value is -2.05. The Morgan fingerprint density at radius 3 is 2.40 bits per heavy atom. The molecule has 7 heteroatoms. The van der Waals surface area contributed by atoms with Gasteiger partial charge in [0, 0.05) is 12.3 Å². The molecule has 0 aliphatic carbocycles. The first-order chi connectivity index (χ1) is 9.33. The lowest BCUT2D eigenvalue weighted by Gasteiger charge is -2.20. The number of hydrogen-bond acceptors (Lipinski definition) is 3. The molecule has 1 saturated heterocycles. The smallest absolute Gasteiger partial charge is 0.406 e. The van der Waals surface area contributed by atoms with Gasteiger partial charge in [-0.1, -0.05) is 12.1 Å². The second kappa shape index (κ2) is 5.52. The molecule has 1 unspecified atom stereocenters. The molecule has 2 amide bonds. The van der Waals surface area contributed by atoms with E-state index in [0.717, 1.165) is 0 Å². The molecule has 1 heterocycles. The first kappa shape index (κ1) is 14.4. The molecule has 1 fully saturated rings. The highest BCUT2D eigenvalue weighted by Crippen LogP contribution is 2.24. The molecule has 0 aromatic heterocycles. The van der Waals surface area contributed by atoms with E-state index in [1.54, 1.807) is 0 Å². The number of amides is 2. The summed E-state index contributed by atoms with van der Waals surface area (Å²) in [5.41, 5.74) is 0.717. The third kappa shape index (κ3) is 3.97. The average molecular weight is 287 g/mol. The van der Waals surface area contributed by atoms with Crippen molar-refractivity contribution in [3.05, 3.63) is 29.8 Å². The minimum atomic E-state index is -4.72. The van der Waals surface area contributed by atoms with Gasteiger partial charge >= 0.3 is 6.36 Å². The van der Waals surface area contributed by atoms with Crippen LogP contribution in [0.3, 0.4) is 0 Å². The van der Waals surface area contributed by atoms with Gasteiger partial charge in [0.15, 0.2) is 0 Å². The number of carbonyl (C=O) groups excluding carboxylic acids is 2. The van der Waals surface area contributed by atoms with Crippen molar-refractivity contribution in [2.24, 2.45) is 5.92 Å². The van der Waals surface area contributed by atoms with Gasteiger partial charge in [0.2, 0.25) is 11.8 Å². The molecule has 1 atom stereocenters. The number of halogens is 3. The molecular weight excluding hydrogens is 275 g/mol. The zero-order chi connectivity index (χ0) is 14.8. The second-order valence-electron chi connectivity index (χ2n) is 4.54. The normalized spacial score (nSPS) is 19.6. The van der Waals surface area contributed by atoms with Gasteiger partial charge < -0.3 is 4.74 Å². The van der Waals surface area contributed by atoms with Crippen molar-refractivity contribution in [1.29, 1.82) is 0 Å². The van der Waals surface area contributed by atoms with Crippen molar-refractivity contribution in [3.63, 3.8) is 0 Å². The molecule has 108 valence electrons. The fourth-order valence-electron chi connectivity index (χ4n) is 2.04. The Kier molecular flexibility index (Phi) is 3.96. The molecular formula is C13H12F3NO3. The van der Waals surface area contributed by atoms with E-state index in [1.165, 1.54) is 24.3 Å². The van der Waals surface area contributed by atoms with Crippen LogP contribution in [0.5, 0.6) is 5.75 Å². The Balaban J connectivity index is 1.97. The summed E-state index contributed by atoms with van der Waals surface area (Å²) in [5.74, 6) is -1.26. The Morgan fingerprint density at radius 2 is 1.85 bits per heavy atom. The van der Waals surface area contributed by atoms with Gasteiger partial charge in [-0.3, -0.25) is 14.9 Å². The average Bonchev–Trinajstić information content (AvgIpc) is 2.33. The van der Waals surface area contributed by atoms with Crippen molar-refractivity contribution in [2.45, 2.75) is 25.6 Å². The Labute approximate surface area is 112 Å². The second-order valence-corrected chi connectivity index (χ2v) is 4.54. The highest BCUT2D eigenvalue weighted by molar-refractivity contribution is 5.98. The summed E-state index contributed by atoms with van der Waals surface area (Å²) in [4.78, 5) is 22.6.